The molecule has 0 atom stereocenters. The molecular formula is C15H13F2N5O. The summed E-state index contributed by atoms with van der Waals surface area (Å²) in [6.45, 7) is 0.149. The van der Waals surface area contributed by atoms with Crippen molar-refractivity contribution in [3.63, 3.8) is 0 Å². The van der Waals surface area contributed by atoms with E-state index in [4.69, 9.17) is 5.11 Å². The SMILES string of the molecule is OCCn1nnc(-c2ccccc2Nc2ccc(F)c(F)c2)n1. The summed E-state index contributed by atoms with van der Waals surface area (Å²) in [5, 5.41) is 23.8. The van der Waals surface area contributed by atoms with E-state index >= 15 is 0 Å². The van der Waals surface area contributed by atoms with Gasteiger partial charge in [0, 0.05) is 23.0 Å². The number of hydrogen-bond donors (Lipinski definition) is 2. The molecule has 0 unspecified atom stereocenters. The molecule has 3 rings (SSSR count). The first-order valence-electron chi connectivity index (χ1n) is 6.87. The normalized spacial score (nSPS) is 10.7. The Kier molecular flexibility index (Phi) is 4.24. The lowest BCUT2D eigenvalue weighted by Crippen LogP contribution is -2.05. The van der Waals surface area contributed by atoms with Gasteiger partial charge in [0.15, 0.2) is 11.6 Å². The zero-order valence-corrected chi connectivity index (χ0v) is 11.9. The number of aromatic nitrogens is 4. The second-order valence-corrected chi connectivity index (χ2v) is 4.73. The van der Waals surface area contributed by atoms with Gasteiger partial charge in [-0.05, 0) is 29.5 Å². The van der Waals surface area contributed by atoms with Crippen LogP contribution in [-0.2, 0) is 6.54 Å². The molecule has 0 spiro atoms. The van der Waals surface area contributed by atoms with E-state index in [1.807, 2.05) is 0 Å². The molecule has 0 amide bonds. The molecule has 8 heteroatoms. The third kappa shape index (κ3) is 3.32. The minimum atomic E-state index is -0.931. The second kappa shape index (κ2) is 6.49. The van der Waals surface area contributed by atoms with Gasteiger partial charge in [0.2, 0.25) is 5.82 Å². The van der Waals surface area contributed by atoms with Gasteiger partial charge in [-0.1, -0.05) is 12.1 Å². The first-order chi connectivity index (χ1) is 11.2. The van der Waals surface area contributed by atoms with E-state index in [0.29, 0.717) is 22.8 Å². The molecule has 23 heavy (non-hydrogen) atoms. The fraction of sp³-hybridized carbons (Fsp3) is 0.133. The summed E-state index contributed by atoms with van der Waals surface area (Å²) in [5.74, 6) is -1.47. The molecule has 1 aromatic heterocycles. The van der Waals surface area contributed by atoms with E-state index in [-0.39, 0.29) is 13.2 Å². The Morgan fingerprint density at radius 2 is 1.91 bits per heavy atom. The Labute approximate surface area is 130 Å². The number of para-hydroxylation sites is 1. The van der Waals surface area contributed by atoms with Crippen LogP contribution in [0.3, 0.4) is 0 Å². The third-order valence-electron chi connectivity index (χ3n) is 3.12. The number of aliphatic hydroxyl groups is 1. The smallest absolute Gasteiger partial charge is 0.207 e. The maximum absolute atomic E-state index is 13.3. The number of halogens is 2. The van der Waals surface area contributed by atoms with Crippen LogP contribution in [0.25, 0.3) is 11.4 Å². The zero-order chi connectivity index (χ0) is 16.2. The van der Waals surface area contributed by atoms with Gasteiger partial charge in [-0.3, -0.25) is 0 Å². The molecule has 0 aliphatic rings. The third-order valence-corrected chi connectivity index (χ3v) is 3.12. The summed E-state index contributed by atoms with van der Waals surface area (Å²) in [4.78, 5) is 1.28. The molecule has 0 aliphatic carbocycles. The minimum Gasteiger partial charge on any atom is -0.394 e. The van der Waals surface area contributed by atoms with Gasteiger partial charge in [0.05, 0.1) is 13.2 Å². The van der Waals surface area contributed by atoms with Gasteiger partial charge in [-0.2, -0.15) is 4.80 Å². The highest BCUT2D eigenvalue weighted by atomic mass is 19.2. The molecule has 0 saturated heterocycles. The van der Waals surface area contributed by atoms with Crippen molar-refractivity contribution < 1.29 is 13.9 Å². The molecule has 0 bridgehead atoms. The highest BCUT2D eigenvalue weighted by Gasteiger charge is 2.11. The topological polar surface area (TPSA) is 75.9 Å². The number of benzene rings is 2. The van der Waals surface area contributed by atoms with E-state index in [1.165, 1.54) is 10.9 Å². The molecule has 3 aromatic rings. The number of tetrazole rings is 1. The van der Waals surface area contributed by atoms with Gasteiger partial charge < -0.3 is 10.4 Å². The Hall–Kier alpha value is -2.87. The first-order valence-corrected chi connectivity index (χ1v) is 6.87. The van der Waals surface area contributed by atoms with Crippen molar-refractivity contribution in [3.05, 3.63) is 54.1 Å². The lowest BCUT2D eigenvalue weighted by molar-refractivity contribution is 0.259. The number of hydrogen-bond acceptors (Lipinski definition) is 5. The molecule has 0 radical (unpaired) electrons. The van der Waals surface area contributed by atoms with Crippen molar-refractivity contribution in [1.82, 2.24) is 20.2 Å². The van der Waals surface area contributed by atoms with E-state index in [1.54, 1.807) is 24.3 Å². The van der Waals surface area contributed by atoms with Gasteiger partial charge in [-0.25, -0.2) is 8.78 Å². The number of anilines is 2. The predicted octanol–water partition coefficient (Wildman–Crippen LogP) is 2.35. The van der Waals surface area contributed by atoms with E-state index in [0.717, 1.165) is 12.1 Å². The van der Waals surface area contributed by atoms with Crippen LogP contribution < -0.4 is 5.32 Å². The van der Waals surface area contributed by atoms with Crippen molar-refractivity contribution in [3.8, 4) is 11.4 Å². The van der Waals surface area contributed by atoms with Crippen LogP contribution in [0.4, 0.5) is 20.2 Å². The Morgan fingerprint density at radius 3 is 2.70 bits per heavy atom. The number of aliphatic hydroxyl groups excluding tert-OH is 1. The second-order valence-electron chi connectivity index (χ2n) is 4.73. The summed E-state index contributed by atoms with van der Waals surface area (Å²) in [6, 6.07) is 10.7. The lowest BCUT2D eigenvalue weighted by Gasteiger charge is -2.10. The van der Waals surface area contributed by atoms with E-state index in [9.17, 15) is 8.78 Å². The van der Waals surface area contributed by atoms with Crippen molar-refractivity contribution in [2.45, 2.75) is 6.54 Å². The summed E-state index contributed by atoms with van der Waals surface area (Å²) in [6.07, 6.45) is 0. The van der Waals surface area contributed by atoms with E-state index < -0.39 is 11.6 Å². The van der Waals surface area contributed by atoms with Crippen LogP contribution in [-0.4, -0.2) is 31.9 Å². The Bertz CT molecular complexity index is 821. The minimum absolute atomic E-state index is 0.0927. The highest BCUT2D eigenvalue weighted by Crippen LogP contribution is 2.28. The molecule has 2 aromatic carbocycles. The predicted molar refractivity (Wildman–Crippen MR) is 80.0 cm³/mol. The summed E-state index contributed by atoms with van der Waals surface area (Å²) < 4.78 is 26.3. The van der Waals surface area contributed by atoms with Crippen molar-refractivity contribution in [1.29, 1.82) is 0 Å². The number of rotatable bonds is 5. The highest BCUT2D eigenvalue weighted by molar-refractivity contribution is 5.77. The Balaban J connectivity index is 1.92. The first kappa shape index (κ1) is 15.0. The van der Waals surface area contributed by atoms with Crippen LogP contribution in [0.2, 0.25) is 0 Å². The molecule has 2 N–H and O–H groups in total. The summed E-state index contributed by atoms with van der Waals surface area (Å²) >= 11 is 0. The maximum atomic E-state index is 13.3. The largest absolute Gasteiger partial charge is 0.394 e. The summed E-state index contributed by atoms with van der Waals surface area (Å²) in [5.41, 5.74) is 1.68. The van der Waals surface area contributed by atoms with Crippen LogP contribution in [0.15, 0.2) is 42.5 Å². The average molecular weight is 317 g/mol. The fourth-order valence-electron chi connectivity index (χ4n) is 2.05. The maximum Gasteiger partial charge on any atom is 0.207 e. The van der Waals surface area contributed by atoms with Gasteiger partial charge in [-0.15, -0.1) is 10.2 Å². The summed E-state index contributed by atoms with van der Waals surface area (Å²) in [7, 11) is 0. The molecule has 1 heterocycles. The Morgan fingerprint density at radius 1 is 1.09 bits per heavy atom. The fourth-order valence-corrected chi connectivity index (χ4v) is 2.05. The standard InChI is InChI=1S/C15H13F2N5O/c16-12-6-5-10(9-13(12)17)18-14-4-2-1-3-11(14)15-19-21-22(20-15)7-8-23/h1-6,9,18,23H,7-8H2. The number of nitrogens with one attached hydrogen (secondary N) is 1. The van der Waals surface area contributed by atoms with Crippen molar-refractivity contribution in [2.75, 3.05) is 11.9 Å². The molecule has 0 saturated carbocycles. The van der Waals surface area contributed by atoms with E-state index in [2.05, 4.69) is 20.7 Å². The molecule has 118 valence electrons. The van der Waals surface area contributed by atoms with Gasteiger partial charge >= 0.3 is 0 Å². The number of nitrogens with zero attached hydrogens (tertiary/aromatic N) is 4. The van der Waals surface area contributed by atoms with Crippen LogP contribution in [0, 0.1) is 11.6 Å². The zero-order valence-electron chi connectivity index (χ0n) is 11.9. The van der Waals surface area contributed by atoms with Crippen LogP contribution in [0.5, 0.6) is 0 Å². The van der Waals surface area contributed by atoms with Crippen molar-refractivity contribution in [2.24, 2.45) is 0 Å². The quantitative estimate of drug-likeness (QED) is 0.755. The lowest BCUT2D eigenvalue weighted by atomic mass is 10.1. The molecular weight excluding hydrogens is 304 g/mol. The van der Waals surface area contributed by atoms with Crippen molar-refractivity contribution >= 4 is 11.4 Å². The average Bonchev–Trinajstić information content (AvgIpc) is 3.00. The van der Waals surface area contributed by atoms with Crippen LogP contribution in [0.1, 0.15) is 0 Å². The molecule has 0 aliphatic heterocycles. The van der Waals surface area contributed by atoms with Gasteiger partial charge in [0.1, 0.15) is 0 Å². The molecule has 6 nitrogen and oxygen atoms in total. The van der Waals surface area contributed by atoms with Crippen LogP contribution >= 0.6 is 0 Å². The monoisotopic (exact) mass is 317 g/mol. The molecule has 0 fully saturated rings. The van der Waals surface area contributed by atoms with Gasteiger partial charge in [0.25, 0.3) is 0 Å².